The van der Waals surface area contributed by atoms with E-state index in [2.05, 4.69) is 38.5 Å². The average Bonchev–Trinajstić information content (AvgIpc) is 2.63. The molecule has 5 heteroatoms. The number of benzene rings is 1. The van der Waals surface area contributed by atoms with Crippen molar-refractivity contribution in [2.24, 2.45) is 0 Å². The highest BCUT2D eigenvalue weighted by atomic mass is 127. The third-order valence-corrected chi connectivity index (χ3v) is 4.42. The van der Waals surface area contributed by atoms with Crippen LogP contribution in [0.1, 0.15) is 15.9 Å². The molecule has 0 unspecified atom stereocenters. The van der Waals surface area contributed by atoms with Crippen molar-refractivity contribution in [1.29, 1.82) is 0 Å². The van der Waals surface area contributed by atoms with Crippen LogP contribution < -0.4 is 0 Å². The van der Waals surface area contributed by atoms with Crippen LogP contribution >= 0.6 is 49.9 Å². The first-order chi connectivity index (χ1) is 8.04. The molecule has 1 heterocycles. The molecular formula is C12H7BrFIOS. The fraction of sp³-hybridized carbons (Fsp3) is 0.0833. The van der Waals surface area contributed by atoms with E-state index < -0.39 is 0 Å². The van der Waals surface area contributed by atoms with Crippen molar-refractivity contribution in [2.45, 2.75) is 6.42 Å². The number of thiophene rings is 1. The molecule has 0 saturated heterocycles. The van der Waals surface area contributed by atoms with Crippen LogP contribution in [0.2, 0.25) is 0 Å². The molecule has 17 heavy (non-hydrogen) atoms. The van der Waals surface area contributed by atoms with Gasteiger partial charge in [0.15, 0.2) is 5.78 Å². The van der Waals surface area contributed by atoms with E-state index in [4.69, 9.17) is 0 Å². The number of carbonyl (C=O) groups is 1. The Balaban J connectivity index is 2.18. The van der Waals surface area contributed by atoms with Crippen LogP contribution in [0.3, 0.4) is 0 Å². The second kappa shape index (κ2) is 5.58. The maximum atomic E-state index is 13.1. The highest BCUT2D eigenvalue weighted by Crippen LogP contribution is 2.20. The smallest absolute Gasteiger partial charge is 0.168 e. The van der Waals surface area contributed by atoms with Crippen LogP contribution in [0.4, 0.5) is 4.39 Å². The summed E-state index contributed by atoms with van der Waals surface area (Å²) in [7, 11) is 0. The number of ketones is 1. The third kappa shape index (κ3) is 3.59. The fourth-order valence-electron chi connectivity index (χ4n) is 1.46. The molecule has 0 saturated carbocycles. The van der Waals surface area contributed by atoms with Crippen LogP contribution in [0.15, 0.2) is 34.1 Å². The Morgan fingerprint density at radius 2 is 2.12 bits per heavy atom. The second-order valence-electron chi connectivity index (χ2n) is 3.52. The van der Waals surface area contributed by atoms with Crippen LogP contribution in [0.25, 0.3) is 0 Å². The Morgan fingerprint density at radius 1 is 1.35 bits per heavy atom. The molecule has 1 aromatic heterocycles. The summed E-state index contributed by atoms with van der Waals surface area (Å²) in [5.74, 6) is -0.316. The molecule has 0 radical (unpaired) electrons. The van der Waals surface area contributed by atoms with Crippen molar-refractivity contribution in [3.8, 4) is 0 Å². The predicted molar refractivity (Wildman–Crippen MR) is 79.2 cm³/mol. The largest absolute Gasteiger partial charge is 0.294 e. The Hall–Kier alpha value is -0.270. The highest BCUT2D eigenvalue weighted by molar-refractivity contribution is 14.1. The number of halogens is 3. The molecule has 0 amide bonds. The molecule has 88 valence electrons. The molecule has 1 aromatic carbocycles. The lowest BCUT2D eigenvalue weighted by Crippen LogP contribution is -2.02. The van der Waals surface area contributed by atoms with Crippen molar-refractivity contribution in [1.82, 2.24) is 0 Å². The monoisotopic (exact) mass is 424 g/mol. The summed E-state index contributed by atoms with van der Waals surface area (Å²) in [6.07, 6.45) is 0.225. The first-order valence-corrected chi connectivity index (χ1v) is 7.52. The summed E-state index contributed by atoms with van der Waals surface area (Å²) in [5.41, 5.74) is 1.38. The van der Waals surface area contributed by atoms with E-state index in [0.717, 1.165) is 2.88 Å². The summed E-state index contributed by atoms with van der Waals surface area (Å²) in [6, 6.07) is 6.38. The second-order valence-corrected chi connectivity index (χ2v) is 7.24. The topological polar surface area (TPSA) is 17.1 Å². The predicted octanol–water partition coefficient (Wildman–Crippen LogP) is 4.68. The van der Waals surface area contributed by atoms with Gasteiger partial charge in [-0.15, -0.1) is 11.3 Å². The van der Waals surface area contributed by atoms with Crippen molar-refractivity contribution in [3.63, 3.8) is 0 Å². The van der Waals surface area contributed by atoms with E-state index in [9.17, 15) is 9.18 Å². The minimum absolute atomic E-state index is 0.0154. The molecule has 0 bridgehead atoms. The van der Waals surface area contributed by atoms with Gasteiger partial charge in [0, 0.05) is 21.8 Å². The average molecular weight is 425 g/mol. The van der Waals surface area contributed by atoms with Crippen LogP contribution in [-0.4, -0.2) is 5.78 Å². The molecular weight excluding hydrogens is 418 g/mol. The molecule has 0 atom stereocenters. The van der Waals surface area contributed by atoms with Crippen LogP contribution in [0.5, 0.6) is 0 Å². The Bertz CT molecular complexity index is 547. The number of Topliss-reactive ketones (excluding diaryl/α,β-unsaturated/α-hetero) is 1. The summed E-state index contributed by atoms with van der Waals surface area (Å²) >= 11 is 6.92. The summed E-state index contributed by atoms with van der Waals surface area (Å²) in [4.78, 5) is 11.9. The van der Waals surface area contributed by atoms with Gasteiger partial charge in [-0.25, -0.2) is 4.39 Å². The van der Waals surface area contributed by atoms with E-state index in [1.165, 1.54) is 23.5 Å². The molecule has 0 N–H and O–H groups in total. The van der Waals surface area contributed by atoms with E-state index in [-0.39, 0.29) is 18.0 Å². The van der Waals surface area contributed by atoms with Crippen molar-refractivity contribution in [3.05, 3.63) is 53.9 Å². The molecule has 0 aliphatic carbocycles. The number of carbonyl (C=O) groups excluding carboxylic acids is 1. The quantitative estimate of drug-likeness (QED) is 0.516. The van der Waals surface area contributed by atoms with E-state index in [0.29, 0.717) is 15.6 Å². The number of hydrogen-bond donors (Lipinski definition) is 0. The van der Waals surface area contributed by atoms with E-state index in [1.54, 1.807) is 6.07 Å². The zero-order valence-corrected chi connectivity index (χ0v) is 13.1. The number of hydrogen-bond acceptors (Lipinski definition) is 2. The fourth-order valence-corrected chi connectivity index (χ4v) is 3.32. The highest BCUT2D eigenvalue weighted by Gasteiger charge is 2.10. The zero-order chi connectivity index (χ0) is 12.4. The molecule has 2 rings (SSSR count). The van der Waals surface area contributed by atoms with Gasteiger partial charge < -0.3 is 0 Å². The van der Waals surface area contributed by atoms with Gasteiger partial charge in [0.05, 0.1) is 2.88 Å². The lowest BCUT2D eigenvalue weighted by Gasteiger charge is -2.01. The minimum Gasteiger partial charge on any atom is -0.294 e. The maximum absolute atomic E-state index is 13.1. The zero-order valence-electron chi connectivity index (χ0n) is 8.54. The Morgan fingerprint density at radius 3 is 2.71 bits per heavy atom. The van der Waals surface area contributed by atoms with Gasteiger partial charge in [-0.3, -0.25) is 4.79 Å². The van der Waals surface area contributed by atoms with Gasteiger partial charge in [0.25, 0.3) is 0 Å². The van der Waals surface area contributed by atoms with Gasteiger partial charge in [-0.2, -0.15) is 0 Å². The minimum atomic E-state index is -0.331. The molecule has 0 aliphatic rings. The first-order valence-electron chi connectivity index (χ1n) is 4.77. The van der Waals surface area contributed by atoms with E-state index in [1.807, 2.05) is 11.4 Å². The summed E-state index contributed by atoms with van der Waals surface area (Å²) in [5, 5.41) is 1.83. The normalized spacial score (nSPS) is 10.5. The number of rotatable bonds is 3. The van der Waals surface area contributed by atoms with Gasteiger partial charge in [-0.05, 0) is 52.4 Å². The summed E-state index contributed by atoms with van der Waals surface area (Å²) in [6.45, 7) is 0. The lowest BCUT2D eigenvalue weighted by molar-refractivity contribution is 0.0993. The van der Waals surface area contributed by atoms with E-state index >= 15 is 0 Å². The van der Waals surface area contributed by atoms with Gasteiger partial charge in [0.1, 0.15) is 5.82 Å². The molecule has 0 spiro atoms. The standard InChI is InChI=1S/C12H7BrFIOS/c13-9-1-7(2-10(14)5-9)3-11(16)8-4-12(15)17-6-8/h1-2,4-6H,3H2. The van der Waals surface area contributed by atoms with Crippen LogP contribution in [-0.2, 0) is 6.42 Å². The van der Waals surface area contributed by atoms with Gasteiger partial charge >= 0.3 is 0 Å². The Kier molecular flexibility index (Phi) is 4.32. The molecule has 1 nitrogen and oxygen atoms in total. The lowest BCUT2D eigenvalue weighted by atomic mass is 10.1. The first kappa shape index (κ1) is 13.2. The Labute approximate surface area is 124 Å². The molecule has 0 aliphatic heterocycles. The SMILES string of the molecule is O=C(Cc1cc(F)cc(Br)c1)c1csc(I)c1. The molecule has 2 aromatic rings. The van der Waals surface area contributed by atoms with Gasteiger partial charge in [-0.1, -0.05) is 15.9 Å². The third-order valence-electron chi connectivity index (χ3n) is 2.18. The van der Waals surface area contributed by atoms with Crippen molar-refractivity contribution >= 4 is 55.6 Å². The maximum Gasteiger partial charge on any atom is 0.168 e. The molecule has 0 fully saturated rings. The van der Waals surface area contributed by atoms with Gasteiger partial charge in [0.2, 0.25) is 0 Å². The van der Waals surface area contributed by atoms with Crippen molar-refractivity contribution in [2.75, 3.05) is 0 Å². The van der Waals surface area contributed by atoms with Crippen LogP contribution in [0, 0.1) is 8.70 Å². The summed E-state index contributed by atoms with van der Waals surface area (Å²) < 4.78 is 14.9. The van der Waals surface area contributed by atoms with Crippen molar-refractivity contribution < 1.29 is 9.18 Å².